The van der Waals surface area contributed by atoms with Crippen molar-refractivity contribution in [3.63, 3.8) is 0 Å². The van der Waals surface area contributed by atoms with Gasteiger partial charge >= 0.3 is 108 Å². The molecule has 0 heterocycles. The van der Waals surface area contributed by atoms with Crippen molar-refractivity contribution >= 4 is 19.6 Å². The van der Waals surface area contributed by atoms with Crippen LogP contribution in [0.5, 0.6) is 0 Å². The van der Waals surface area contributed by atoms with Crippen molar-refractivity contribution in [2.45, 2.75) is 52.9 Å². The molecule has 0 aliphatic carbocycles. The van der Waals surface area contributed by atoms with Crippen molar-refractivity contribution in [3.05, 3.63) is 35.9 Å². The van der Waals surface area contributed by atoms with Gasteiger partial charge in [0.1, 0.15) is 0 Å². The molecule has 0 nitrogen and oxygen atoms in total. The van der Waals surface area contributed by atoms with E-state index in [1.165, 1.54) is 30.2 Å². The Morgan fingerprint density at radius 2 is 1.44 bits per heavy atom. The third kappa shape index (κ3) is 5.92. The van der Waals surface area contributed by atoms with Crippen LogP contribution in [-0.2, 0) is 4.47 Å². The molecule has 1 heteroatoms. The molecule has 1 rings (SSSR count). The number of rotatable bonds is 8. The maximum atomic E-state index is 2.32. The maximum absolute atomic E-state index is 2.32. The monoisotopic (exact) mass is 335 g/mol. The standard InChI is InChI=1S/C15H25Te/c1-3-5-12-16(13-6-4-2)14-15-10-8-7-9-11-15/h7-11H,3-6,12-14H2,1-2H3/q+1. The van der Waals surface area contributed by atoms with Crippen LogP contribution >= 0.6 is 0 Å². The fourth-order valence-corrected chi connectivity index (χ4v) is 9.03. The molecule has 0 aromatic heterocycles. The van der Waals surface area contributed by atoms with Crippen molar-refractivity contribution in [3.8, 4) is 0 Å². The van der Waals surface area contributed by atoms with Crippen molar-refractivity contribution in [2.24, 2.45) is 0 Å². The van der Waals surface area contributed by atoms with E-state index in [0.29, 0.717) is 0 Å². The number of hydrogen-bond donors (Lipinski definition) is 0. The molecule has 0 unspecified atom stereocenters. The molecule has 0 amide bonds. The molecule has 0 saturated heterocycles. The first-order chi connectivity index (χ1) is 7.86. The van der Waals surface area contributed by atoms with Crippen LogP contribution in [0.1, 0.15) is 45.1 Å². The average Bonchev–Trinajstić information content (AvgIpc) is 2.34. The van der Waals surface area contributed by atoms with Gasteiger partial charge in [0.25, 0.3) is 0 Å². The van der Waals surface area contributed by atoms with Gasteiger partial charge < -0.3 is 0 Å². The molecular weight excluding hydrogens is 308 g/mol. The van der Waals surface area contributed by atoms with E-state index in [4.69, 9.17) is 0 Å². The van der Waals surface area contributed by atoms with Gasteiger partial charge in [-0.15, -0.1) is 0 Å². The van der Waals surface area contributed by atoms with Crippen LogP contribution in [0.4, 0.5) is 0 Å². The molecule has 0 atom stereocenters. The molecule has 90 valence electrons. The predicted molar refractivity (Wildman–Crippen MR) is 75.3 cm³/mol. The topological polar surface area (TPSA) is 0 Å². The third-order valence-electron chi connectivity index (χ3n) is 2.79. The van der Waals surface area contributed by atoms with E-state index in [2.05, 4.69) is 44.2 Å². The molecule has 0 fully saturated rings. The summed E-state index contributed by atoms with van der Waals surface area (Å²) >= 11 is -0.809. The van der Waals surface area contributed by atoms with Gasteiger partial charge in [0.05, 0.1) is 0 Å². The molecule has 1 aromatic carbocycles. The summed E-state index contributed by atoms with van der Waals surface area (Å²) in [5.41, 5.74) is 1.59. The first kappa shape index (κ1) is 14.1. The Balaban J connectivity index is 2.42. The third-order valence-corrected chi connectivity index (χ3v) is 9.85. The van der Waals surface area contributed by atoms with Crippen LogP contribution in [0.25, 0.3) is 0 Å². The van der Waals surface area contributed by atoms with Crippen LogP contribution in [0.2, 0.25) is 8.94 Å². The SMILES string of the molecule is CCCC[Te+](CCCC)Cc1ccccc1. The van der Waals surface area contributed by atoms with Gasteiger partial charge in [0.2, 0.25) is 0 Å². The van der Waals surface area contributed by atoms with E-state index in [9.17, 15) is 0 Å². The van der Waals surface area contributed by atoms with Gasteiger partial charge in [-0.05, 0) is 0 Å². The predicted octanol–water partition coefficient (Wildman–Crippen LogP) is 4.86. The Hall–Kier alpha value is 0.00961. The van der Waals surface area contributed by atoms with Gasteiger partial charge in [-0.1, -0.05) is 0 Å². The number of hydrogen-bond acceptors (Lipinski definition) is 0. The molecular formula is C15H25Te+. The zero-order chi connectivity index (χ0) is 11.6. The molecule has 0 bridgehead atoms. The van der Waals surface area contributed by atoms with Crippen LogP contribution < -0.4 is 0 Å². The van der Waals surface area contributed by atoms with Gasteiger partial charge in [0.15, 0.2) is 0 Å². The summed E-state index contributed by atoms with van der Waals surface area (Å²) in [5, 5.41) is 0. The minimum absolute atomic E-state index is 0.809. The summed E-state index contributed by atoms with van der Waals surface area (Å²) < 4.78 is 4.60. The zero-order valence-corrected chi connectivity index (χ0v) is 13.1. The van der Waals surface area contributed by atoms with E-state index in [-0.39, 0.29) is 0 Å². The normalized spacial score (nSPS) is 10.9. The first-order valence-corrected chi connectivity index (χ1v) is 11.5. The Morgan fingerprint density at radius 3 is 1.94 bits per heavy atom. The molecule has 0 aliphatic rings. The number of unbranched alkanes of at least 4 members (excludes halogenated alkanes) is 2. The van der Waals surface area contributed by atoms with Crippen LogP contribution in [-0.4, -0.2) is 19.6 Å². The van der Waals surface area contributed by atoms with Crippen molar-refractivity contribution < 1.29 is 0 Å². The molecule has 0 saturated carbocycles. The first-order valence-electron chi connectivity index (χ1n) is 6.54. The summed E-state index contributed by atoms with van der Waals surface area (Å²) in [5.74, 6) is 0. The van der Waals surface area contributed by atoms with Gasteiger partial charge in [-0.25, -0.2) is 0 Å². The Kier molecular flexibility index (Phi) is 7.99. The fraction of sp³-hybridized carbons (Fsp3) is 0.600. The zero-order valence-electron chi connectivity index (χ0n) is 10.7. The molecule has 0 spiro atoms. The van der Waals surface area contributed by atoms with Crippen molar-refractivity contribution in [2.75, 3.05) is 0 Å². The molecule has 0 N–H and O–H groups in total. The summed E-state index contributed by atoms with van der Waals surface area (Å²) in [7, 11) is 0. The van der Waals surface area contributed by atoms with Crippen LogP contribution in [0, 0.1) is 0 Å². The quantitative estimate of drug-likeness (QED) is 0.596. The summed E-state index contributed by atoms with van der Waals surface area (Å²) in [6, 6.07) is 11.1. The van der Waals surface area contributed by atoms with Crippen LogP contribution in [0.3, 0.4) is 0 Å². The van der Waals surface area contributed by atoms with E-state index < -0.39 is 19.6 Å². The number of benzene rings is 1. The van der Waals surface area contributed by atoms with E-state index in [1.54, 1.807) is 14.5 Å². The molecule has 0 radical (unpaired) electrons. The Morgan fingerprint density at radius 1 is 0.875 bits per heavy atom. The Labute approximate surface area is 108 Å². The Bertz CT molecular complexity index is 247. The van der Waals surface area contributed by atoms with Crippen molar-refractivity contribution in [1.29, 1.82) is 0 Å². The van der Waals surface area contributed by atoms with Gasteiger partial charge in [0, 0.05) is 0 Å². The van der Waals surface area contributed by atoms with Crippen molar-refractivity contribution in [1.82, 2.24) is 0 Å². The molecule has 0 aliphatic heterocycles. The summed E-state index contributed by atoms with van der Waals surface area (Å²) in [6.45, 7) is 4.64. The summed E-state index contributed by atoms with van der Waals surface area (Å²) in [6.07, 6.45) is 5.68. The second-order valence-corrected chi connectivity index (χ2v) is 11.0. The summed E-state index contributed by atoms with van der Waals surface area (Å²) in [4.78, 5) is 0. The fourth-order valence-electron chi connectivity index (χ4n) is 1.75. The van der Waals surface area contributed by atoms with E-state index >= 15 is 0 Å². The second kappa shape index (κ2) is 9.08. The second-order valence-electron chi connectivity index (χ2n) is 4.36. The molecule has 16 heavy (non-hydrogen) atoms. The van der Waals surface area contributed by atoms with Crippen LogP contribution in [0.15, 0.2) is 30.3 Å². The van der Waals surface area contributed by atoms with Gasteiger partial charge in [-0.3, -0.25) is 0 Å². The van der Waals surface area contributed by atoms with E-state index in [1.807, 2.05) is 0 Å². The molecule has 1 aromatic rings. The van der Waals surface area contributed by atoms with Gasteiger partial charge in [-0.2, -0.15) is 0 Å². The average molecular weight is 333 g/mol. The van der Waals surface area contributed by atoms with E-state index in [0.717, 1.165) is 0 Å². The minimum atomic E-state index is -0.809.